The van der Waals surface area contributed by atoms with Crippen LogP contribution in [-0.4, -0.2) is 29.3 Å². The average Bonchev–Trinajstić information content (AvgIpc) is 1.87. The van der Waals surface area contributed by atoms with Crippen LogP contribution in [0.1, 0.15) is 0 Å². The lowest BCUT2D eigenvalue weighted by Gasteiger charge is -2.03. The summed E-state index contributed by atoms with van der Waals surface area (Å²) in [5.74, 6) is 0.0579. The first-order chi connectivity index (χ1) is 4.22. The third-order valence-corrected chi connectivity index (χ3v) is 1.25. The molecule has 0 spiro atoms. The number of hydrogen-bond acceptors (Lipinski definition) is 4. The smallest absolute Gasteiger partial charge is 0.156 e. The summed E-state index contributed by atoms with van der Waals surface area (Å²) in [5.41, 5.74) is 5.23. The van der Waals surface area contributed by atoms with E-state index in [1.165, 1.54) is 0 Å². The van der Waals surface area contributed by atoms with E-state index in [0.29, 0.717) is 5.75 Å². The second-order valence-corrected chi connectivity index (χ2v) is 1.94. The van der Waals surface area contributed by atoms with Crippen molar-refractivity contribution in [2.24, 2.45) is 5.73 Å². The van der Waals surface area contributed by atoms with E-state index in [1.54, 1.807) is 0 Å². The van der Waals surface area contributed by atoms with Crippen molar-refractivity contribution in [1.82, 2.24) is 0 Å². The standard InChI is InChI=1S/C5H10NO2S/c6-4(3-9)5(8)1-2-7/h1,4,7,9H,2-3,6H2/t4-/m0/s1. The predicted molar refractivity (Wildman–Crippen MR) is 38.2 cm³/mol. The van der Waals surface area contributed by atoms with Crippen molar-refractivity contribution in [2.45, 2.75) is 6.04 Å². The van der Waals surface area contributed by atoms with Gasteiger partial charge in [-0.25, -0.2) is 0 Å². The Kier molecular flexibility index (Phi) is 4.75. The molecule has 3 N–H and O–H groups in total. The zero-order chi connectivity index (χ0) is 7.28. The second-order valence-electron chi connectivity index (χ2n) is 1.58. The van der Waals surface area contributed by atoms with Crippen molar-refractivity contribution in [3.63, 3.8) is 0 Å². The van der Waals surface area contributed by atoms with Crippen molar-refractivity contribution in [3.8, 4) is 0 Å². The molecule has 0 saturated carbocycles. The normalized spacial score (nSPS) is 13.2. The number of aliphatic hydroxyl groups excluding tert-OH is 1. The van der Waals surface area contributed by atoms with Crippen molar-refractivity contribution < 1.29 is 9.90 Å². The number of thiol groups is 1. The van der Waals surface area contributed by atoms with Gasteiger partial charge in [0.1, 0.15) is 0 Å². The number of carbonyl (C=O) groups excluding carboxylic acids is 1. The van der Waals surface area contributed by atoms with Crippen molar-refractivity contribution >= 4 is 18.4 Å². The molecule has 0 aliphatic heterocycles. The first-order valence-corrected chi connectivity index (χ1v) is 3.20. The van der Waals surface area contributed by atoms with E-state index in [4.69, 9.17) is 10.8 Å². The maximum absolute atomic E-state index is 10.6. The van der Waals surface area contributed by atoms with Crippen LogP contribution in [0.5, 0.6) is 0 Å². The average molecular weight is 148 g/mol. The van der Waals surface area contributed by atoms with Gasteiger partial charge in [-0.05, 0) is 0 Å². The molecule has 0 aliphatic rings. The maximum Gasteiger partial charge on any atom is 0.156 e. The Morgan fingerprint density at radius 3 is 2.78 bits per heavy atom. The van der Waals surface area contributed by atoms with Crippen LogP contribution in [-0.2, 0) is 4.79 Å². The summed E-state index contributed by atoms with van der Waals surface area (Å²) >= 11 is 3.80. The molecule has 0 fully saturated rings. The molecule has 0 aromatic heterocycles. The van der Waals surface area contributed by atoms with Gasteiger partial charge >= 0.3 is 0 Å². The van der Waals surface area contributed by atoms with Crippen molar-refractivity contribution in [2.75, 3.05) is 12.4 Å². The Morgan fingerprint density at radius 2 is 2.44 bits per heavy atom. The molecule has 1 radical (unpaired) electrons. The highest BCUT2D eigenvalue weighted by atomic mass is 32.1. The van der Waals surface area contributed by atoms with E-state index >= 15 is 0 Å². The third-order valence-electron chi connectivity index (χ3n) is 0.855. The molecule has 0 aromatic rings. The summed E-state index contributed by atoms with van der Waals surface area (Å²) in [6.07, 6.45) is 1.14. The fraction of sp³-hybridized carbons (Fsp3) is 0.600. The minimum Gasteiger partial charge on any atom is -0.396 e. The number of rotatable bonds is 4. The lowest BCUT2D eigenvalue weighted by molar-refractivity contribution is -0.117. The van der Waals surface area contributed by atoms with Crippen LogP contribution < -0.4 is 5.73 Å². The van der Waals surface area contributed by atoms with Gasteiger partial charge in [-0.2, -0.15) is 12.6 Å². The highest BCUT2D eigenvalue weighted by Crippen LogP contribution is 1.88. The fourth-order valence-corrected chi connectivity index (χ4v) is 0.511. The summed E-state index contributed by atoms with van der Waals surface area (Å²) in [4.78, 5) is 10.6. The van der Waals surface area contributed by atoms with E-state index < -0.39 is 6.04 Å². The van der Waals surface area contributed by atoms with Gasteiger partial charge in [0, 0.05) is 5.75 Å². The minimum atomic E-state index is -0.569. The predicted octanol–water partition coefficient (Wildman–Crippen LogP) is -0.991. The number of carbonyl (C=O) groups is 1. The van der Waals surface area contributed by atoms with E-state index in [2.05, 4.69) is 12.6 Å². The first-order valence-electron chi connectivity index (χ1n) is 2.56. The van der Waals surface area contributed by atoms with Gasteiger partial charge in [0.25, 0.3) is 0 Å². The van der Waals surface area contributed by atoms with E-state index in [-0.39, 0.29) is 12.4 Å². The van der Waals surface area contributed by atoms with E-state index in [1.807, 2.05) is 0 Å². The monoisotopic (exact) mass is 148 g/mol. The molecule has 53 valence electrons. The summed E-state index contributed by atoms with van der Waals surface area (Å²) < 4.78 is 0. The molecule has 0 aromatic carbocycles. The van der Waals surface area contributed by atoms with Crippen LogP contribution in [0.4, 0.5) is 0 Å². The lowest BCUT2D eigenvalue weighted by atomic mass is 10.2. The molecule has 0 saturated heterocycles. The fourth-order valence-electron chi connectivity index (χ4n) is 0.331. The number of Topliss-reactive ketones (excluding diaryl/α,β-unsaturated/α-hetero) is 1. The number of hydrogen-bond donors (Lipinski definition) is 3. The van der Waals surface area contributed by atoms with Crippen LogP contribution in [0.15, 0.2) is 0 Å². The highest BCUT2D eigenvalue weighted by molar-refractivity contribution is 7.80. The molecule has 0 heterocycles. The Morgan fingerprint density at radius 1 is 1.89 bits per heavy atom. The van der Waals surface area contributed by atoms with Crippen LogP contribution in [0.2, 0.25) is 0 Å². The molecule has 0 bridgehead atoms. The Balaban J connectivity index is 3.46. The van der Waals surface area contributed by atoms with Crippen LogP contribution in [0.25, 0.3) is 0 Å². The van der Waals surface area contributed by atoms with Gasteiger partial charge in [0.2, 0.25) is 0 Å². The molecule has 9 heavy (non-hydrogen) atoms. The van der Waals surface area contributed by atoms with Gasteiger partial charge in [0.05, 0.1) is 19.1 Å². The van der Waals surface area contributed by atoms with E-state index in [0.717, 1.165) is 6.42 Å². The Labute approximate surface area is 59.6 Å². The molecule has 4 heteroatoms. The zero-order valence-corrected chi connectivity index (χ0v) is 5.84. The zero-order valence-electron chi connectivity index (χ0n) is 4.95. The quantitative estimate of drug-likeness (QED) is 0.448. The van der Waals surface area contributed by atoms with Crippen LogP contribution in [0.3, 0.4) is 0 Å². The summed E-state index contributed by atoms with van der Waals surface area (Å²) in [6.45, 7) is -0.250. The van der Waals surface area contributed by atoms with Crippen LogP contribution >= 0.6 is 12.6 Å². The summed E-state index contributed by atoms with van der Waals surface area (Å²) in [6, 6.07) is -0.569. The topological polar surface area (TPSA) is 63.3 Å². The lowest BCUT2D eigenvalue weighted by Crippen LogP contribution is -2.32. The van der Waals surface area contributed by atoms with Crippen molar-refractivity contribution in [1.29, 1.82) is 0 Å². The largest absolute Gasteiger partial charge is 0.396 e. The SMILES string of the molecule is N[C@@H](CS)C(=O)[CH]CO. The first kappa shape index (κ1) is 8.94. The Bertz CT molecular complexity index is 97.0. The minimum absolute atomic E-state index is 0.250. The number of ketones is 1. The van der Waals surface area contributed by atoms with Gasteiger partial charge < -0.3 is 10.8 Å². The molecule has 0 amide bonds. The van der Waals surface area contributed by atoms with Crippen molar-refractivity contribution in [3.05, 3.63) is 6.42 Å². The van der Waals surface area contributed by atoms with E-state index in [9.17, 15) is 4.79 Å². The second kappa shape index (κ2) is 4.78. The molecule has 1 atom stereocenters. The molecule has 3 nitrogen and oxygen atoms in total. The van der Waals surface area contributed by atoms with Gasteiger partial charge in [-0.1, -0.05) is 0 Å². The highest BCUT2D eigenvalue weighted by Gasteiger charge is 2.09. The van der Waals surface area contributed by atoms with Crippen LogP contribution in [0, 0.1) is 6.42 Å². The Hall–Kier alpha value is -0.0600. The number of nitrogens with two attached hydrogens (primary N) is 1. The maximum atomic E-state index is 10.6. The van der Waals surface area contributed by atoms with Gasteiger partial charge in [-0.15, -0.1) is 0 Å². The molecule has 0 unspecified atom stereocenters. The molecular formula is C5H10NO2S. The molecular weight excluding hydrogens is 138 g/mol. The third kappa shape index (κ3) is 3.51. The summed E-state index contributed by atoms with van der Waals surface area (Å²) in [5, 5.41) is 8.22. The molecule has 0 aliphatic carbocycles. The molecule has 0 rings (SSSR count). The van der Waals surface area contributed by atoms with Gasteiger partial charge in [0.15, 0.2) is 5.78 Å². The summed E-state index contributed by atoms with van der Waals surface area (Å²) in [7, 11) is 0. The number of aliphatic hydroxyl groups is 1. The van der Waals surface area contributed by atoms with Gasteiger partial charge in [-0.3, -0.25) is 4.79 Å².